The van der Waals surface area contributed by atoms with E-state index in [9.17, 15) is 0 Å². The molecule has 2 aliphatic rings. The van der Waals surface area contributed by atoms with Gasteiger partial charge < -0.3 is 9.72 Å². The Hall–Kier alpha value is -1.39. The van der Waals surface area contributed by atoms with E-state index in [1.165, 1.54) is 30.8 Å². The van der Waals surface area contributed by atoms with Crippen LogP contribution in [-0.2, 0) is 6.54 Å². The largest absolute Gasteiger partial charge is 0.315 e. The van der Waals surface area contributed by atoms with Crippen molar-refractivity contribution >= 4 is 5.65 Å². The molecule has 0 spiro atoms. The van der Waals surface area contributed by atoms with Crippen molar-refractivity contribution in [2.45, 2.75) is 25.9 Å². The smallest absolute Gasteiger partial charge is 0.137 e. The van der Waals surface area contributed by atoms with Gasteiger partial charge in [-0.1, -0.05) is 6.07 Å². The molecule has 0 radical (unpaired) electrons. The van der Waals surface area contributed by atoms with E-state index in [0.717, 1.165) is 30.7 Å². The van der Waals surface area contributed by atoms with Crippen molar-refractivity contribution in [2.24, 2.45) is 5.92 Å². The maximum Gasteiger partial charge on any atom is 0.137 e. The second-order valence-electron chi connectivity index (χ2n) is 5.95. The molecule has 1 N–H and O–H groups in total. The quantitative estimate of drug-likeness (QED) is 0.882. The van der Waals surface area contributed by atoms with Gasteiger partial charge in [0.2, 0.25) is 0 Å². The van der Waals surface area contributed by atoms with Gasteiger partial charge in [-0.15, -0.1) is 0 Å². The summed E-state index contributed by atoms with van der Waals surface area (Å²) in [6.07, 6.45) is 5.66. The summed E-state index contributed by atoms with van der Waals surface area (Å²) in [5.74, 6) is 0.860. The number of nitrogens with zero attached hydrogens (tertiary/aromatic N) is 3. The number of nitrogens with one attached hydrogen (secondary N) is 1. The molecule has 2 saturated heterocycles. The Morgan fingerprint density at radius 2 is 2.26 bits per heavy atom. The molecule has 0 bridgehead atoms. The molecule has 4 heteroatoms. The molecule has 0 aliphatic carbocycles. The van der Waals surface area contributed by atoms with Crippen LogP contribution >= 0.6 is 0 Å². The topological polar surface area (TPSA) is 32.6 Å². The fourth-order valence-corrected chi connectivity index (χ4v) is 3.57. The molecule has 0 aromatic carbocycles. The Labute approximate surface area is 113 Å². The van der Waals surface area contributed by atoms with Crippen LogP contribution in [0.1, 0.15) is 17.7 Å². The first-order valence-corrected chi connectivity index (χ1v) is 7.18. The molecule has 4 heterocycles. The van der Waals surface area contributed by atoms with Crippen LogP contribution in [-0.4, -0.2) is 40.0 Å². The third kappa shape index (κ3) is 1.95. The minimum atomic E-state index is 0.728. The number of imidazole rings is 1. The zero-order chi connectivity index (χ0) is 12.8. The fourth-order valence-electron chi connectivity index (χ4n) is 3.57. The lowest BCUT2D eigenvalue weighted by Crippen LogP contribution is -2.33. The average molecular weight is 256 g/mol. The molecule has 4 rings (SSSR count). The number of hydrogen-bond acceptors (Lipinski definition) is 3. The summed E-state index contributed by atoms with van der Waals surface area (Å²) < 4.78 is 2.14. The second kappa shape index (κ2) is 4.32. The van der Waals surface area contributed by atoms with Crippen LogP contribution in [0.15, 0.2) is 24.5 Å². The number of fused-ring (bicyclic) bond motifs is 2. The van der Waals surface area contributed by atoms with E-state index >= 15 is 0 Å². The molecule has 2 fully saturated rings. The number of hydrogen-bond donors (Lipinski definition) is 1. The molecule has 4 nitrogen and oxygen atoms in total. The zero-order valence-electron chi connectivity index (χ0n) is 11.3. The van der Waals surface area contributed by atoms with E-state index < -0.39 is 0 Å². The van der Waals surface area contributed by atoms with Crippen molar-refractivity contribution in [1.29, 1.82) is 0 Å². The third-order valence-electron chi connectivity index (χ3n) is 4.57. The molecule has 2 atom stereocenters. The predicted octanol–water partition coefficient (Wildman–Crippen LogP) is 1.44. The minimum Gasteiger partial charge on any atom is -0.315 e. The highest BCUT2D eigenvalue weighted by Gasteiger charge is 2.37. The van der Waals surface area contributed by atoms with E-state index in [1.54, 1.807) is 0 Å². The van der Waals surface area contributed by atoms with Gasteiger partial charge >= 0.3 is 0 Å². The van der Waals surface area contributed by atoms with Gasteiger partial charge in [-0.2, -0.15) is 0 Å². The summed E-state index contributed by atoms with van der Waals surface area (Å²) >= 11 is 0. The Balaban J connectivity index is 1.58. The Morgan fingerprint density at radius 3 is 3.21 bits per heavy atom. The Bertz CT molecular complexity index is 603. The van der Waals surface area contributed by atoms with Gasteiger partial charge in [-0.3, -0.25) is 4.90 Å². The molecular weight excluding hydrogens is 236 g/mol. The van der Waals surface area contributed by atoms with Gasteiger partial charge in [0.25, 0.3) is 0 Å². The van der Waals surface area contributed by atoms with Gasteiger partial charge in [0.05, 0.1) is 5.69 Å². The van der Waals surface area contributed by atoms with Crippen LogP contribution in [0.2, 0.25) is 0 Å². The molecular formula is C15H20N4. The highest BCUT2D eigenvalue weighted by atomic mass is 15.2. The maximum atomic E-state index is 4.73. The monoisotopic (exact) mass is 256 g/mol. The predicted molar refractivity (Wildman–Crippen MR) is 75.1 cm³/mol. The van der Waals surface area contributed by atoms with E-state index in [1.807, 2.05) is 0 Å². The molecule has 2 aromatic rings. The highest BCUT2D eigenvalue weighted by Crippen LogP contribution is 2.28. The van der Waals surface area contributed by atoms with Crippen molar-refractivity contribution in [2.75, 3.05) is 19.6 Å². The summed E-state index contributed by atoms with van der Waals surface area (Å²) in [4.78, 5) is 7.33. The maximum absolute atomic E-state index is 4.73. The van der Waals surface area contributed by atoms with E-state index in [2.05, 4.69) is 46.1 Å². The number of likely N-dealkylation sites (tertiary alicyclic amines) is 1. The van der Waals surface area contributed by atoms with Crippen molar-refractivity contribution in [1.82, 2.24) is 19.6 Å². The van der Waals surface area contributed by atoms with Crippen molar-refractivity contribution in [3.63, 3.8) is 0 Å². The molecule has 2 aromatic heterocycles. The van der Waals surface area contributed by atoms with Gasteiger partial charge in [0, 0.05) is 31.5 Å². The van der Waals surface area contributed by atoms with Crippen LogP contribution in [0.4, 0.5) is 0 Å². The van der Waals surface area contributed by atoms with Crippen LogP contribution in [0.3, 0.4) is 0 Å². The lowest BCUT2D eigenvalue weighted by Gasteiger charge is -2.21. The first kappa shape index (κ1) is 11.4. The van der Waals surface area contributed by atoms with Crippen LogP contribution in [0, 0.1) is 12.8 Å². The van der Waals surface area contributed by atoms with Crippen LogP contribution in [0.5, 0.6) is 0 Å². The Kier molecular flexibility index (Phi) is 2.60. The highest BCUT2D eigenvalue weighted by molar-refractivity contribution is 5.41. The third-order valence-corrected chi connectivity index (χ3v) is 4.57. The van der Waals surface area contributed by atoms with Gasteiger partial charge in [0.15, 0.2) is 0 Å². The zero-order valence-corrected chi connectivity index (χ0v) is 11.3. The number of aromatic nitrogens is 2. The van der Waals surface area contributed by atoms with Crippen LogP contribution in [0.25, 0.3) is 5.65 Å². The first-order chi connectivity index (χ1) is 9.29. The molecule has 0 saturated carbocycles. The van der Waals surface area contributed by atoms with E-state index in [0.29, 0.717) is 0 Å². The van der Waals surface area contributed by atoms with Gasteiger partial charge in [0.1, 0.15) is 5.65 Å². The molecule has 100 valence electrons. The molecule has 0 amide bonds. The fraction of sp³-hybridized carbons (Fsp3) is 0.533. The number of rotatable bonds is 2. The summed E-state index contributed by atoms with van der Waals surface area (Å²) in [5, 5.41) is 3.51. The lowest BCUT2D eigenvalue weighted by atomic mass is 10.1. The van der Waals surface area contributed by atoms with E-state index in [-0.39, 0.29) is 0 Å². The number of pyridine rings is 1. The van der Waals surface area contributed by atoms with Crippen molar-refractivity contribution < 1.29 is 0 Å². The first-order valence-electron chi connectivity index (χ1n) is 7.18. The average Bonchev–Trinajstić information content (AvgIpc) is 3.05. The van der Waals surface area contributed by atoms with Crippen LogP contribution < -0.4 is 5.32 Å². The van der Waals surface area contributed by atoms with E-state index in [4.69, 9.17) is 4.98 Å². The molecule has 0 unspecified atom stereocenters. The van der Waals surface area contributed by atoms with Crippen molar-refractivity contribution in [3.05, 3.63) is 35.8 Å². The van der Waals surface area contributed by atoms with Crippen molar-refractivity contribution in [3.8, 4) is 0 Å². The normalized spacial score (nSPS) is 27.2. The molecule has 19 heavy (non-hydrogen) atoms. The molecule has 2 aliphatic heterocycles. The summed E-state index contributed by atoms with van der Waals surface area (Å²) in [6.45, 7) is 6.69. The number of aryl methyl sites for hydroxylation is 1. The standard InChI is InChI=1S/C15H20N4/c1-11-2-3-15-17-13(10-19(15)8-11)9-18-5-4-12-6-16-7-14(12)18/h2-3,8,10,12,14,16H,4-7,9H2,1H3/t12-,14+/m0/s1. The SMILES string of the molecule is Cc1ccc2nc(CN3CC[C@H]4CNC[C@H]43)cn2c1. The summed E-state index contributed by atoms with van der Waals surface area (Å²) in [6, 6.07) is 4.95. The second-order valence-corrected chi connectivity index (χ2v) is 5.95. The summed E-state index contributed by atoms with van der Waals surface area (Å²) in [7, 11) is 0. The lowest BCUT2D eigenvalue weighted by molar-refractivity contribution is 0.241. The minimum absolute atomic E-state index is 0.728. The van der Waals surface area contributed by atoms with Gasteiger partial charge in [-0.05, 0) is 44.0 Å². The Morgan fingerprint density at radius 1 is 1.32 bits per heavy atom. The van der Waals surface area contributed by atoms with Gasteiger partial charge in [-0.25, -0.2) is 4.98 Å². The summed E-state index contributed by atoms with van der Waals surface area (Å²) in [5.41, 5.74) is 3.52.